The molecule has 0 aliphatic rings. The molecule has 0 saturated carbocycles. The van der Waals surface area contributed by atoms with Gasteiger partial charge in [-0.25, -0.2) is 0 Å². The number of aryl methyl sites for hydroxylation is 1. The van der Waals surface area contributed by atoms with Crippen LogP contribution in [0.3, 0.4) is 0 Å². The standard InChI is InChI=1S/C7H12N2S/c1-5(2)6-4-7(10)9(3)8-6/h4-5,10H,1-3H3. The van der Waals surface area contributed by atoms with Gasteiger partial charge in [0.25, 0.3) is 0 Å². The Hall–Kier alpha value is -0.440. The van der Waals surface area contributed by atoms with E-state index in [1.165, 1.54) is 0 Å². The molecule has 0 unspecified atom stereocenters. The minimum Gasteiger partial charge on any atom is -0.262 e. The van der Waals surface area contributed by atoms with E-state index in [4.69, 9.17) is 0 Å². The van der Waals surface area contributed by atoms with Gasteiger partial charge in [0.2, 0.25) is 0 Å². The zero-order valence-corrected chi connectivity index (χ0v) is 7.39. The Morgan fingerprint density at radius 1 is 1.60 bits per heavy atom. The van der Waals surface area contributed by atoms with Gasteiger partial charge in [0.1, 0.15) is 0 Å². The highest BCUT2D eigenvalue weighted by Gasteiger charge is 2.04. The van der Waals surface area contributed by atoms with Crippen LogP contribution in [0.25, 0.3) is 0 Å². The van der Waals surface area contributed by atoms with Crippen LogP contribution in [0.2, 0.25) is 0 Å². The number of aromatic nitrogens is 2. The molecular weight excluding hydrogens is 144 g/mol. The number of hydrogen-bond donors (Lipinski definition) is 1. The molecule has 2 nitrogen and oxygen atoms in total. The molecule has 10 heavy (non-hydrogen) atoms. The van der Waals surface area contributed by atoms with Crippen LogP contribution in [0.5, 0.6) is 0 Å². The van der Waals surface area contributed by atoms with Gasteiger partial charge in [0, 0.05) is 7.05 Å². The molecule has 0 atom stereocenters. The van der Waals surface area contributed by atoms with Crippen LogP contribution in [0.15, 0.2) is 11.1 Å². The number of rotatable bonds is 1. The molecule has 0 spiro atoms. The molecule has 0 bridgehead atoms. The smallest absolute Gasteiger partial charge is 0.0909 e. The van der Waals surface area contributed by atoms with Gasteiger partial charge >= 0.3 is 0 Å². The monoisotopic (exact) mass is 156 g/mol. The molecule has 0 amide bonds. The Labute approximate surface area is 66.7 Å². The molecule has 0 aliphatic carbocycles. The van der Waals surface area contributed by atoms with Gasteiger partial charge in [-0.2, -0.15) is 5.10 Å². The Bertz CT molecular complexity index is 208. The fraction of sp³-hybridized carbons (Fsp3) is 0.571. The summed E-state index contributed by atoms with van der Waals surface area (Å²) >= 11 is 4.21. The first-order valence-electron chi connectivity index (χ1n) is 3.34. The summed E-state index contributed by atoms with van der Waals surface area (Å²) in [4.78, 5) is 0. The first-order chi connectivity index (χ1) is 4.61. The maximum Gasteiger partial charge on any atom is 0.0909 e. The molecule has 0 aromatic carbocycles. The second kappa shape index (κ2) is 2.66. The van der Waals surface area contributed by atoms with E-state index in [1.54, 1.807) is 4.68 Å². The highest BCUT2D eigenvalue weighted by Crippen LogP contribution is 2.15. The zero-order chi connectivity index (χ0) is 7.72. The van der Waals surface area contributed by atoms with Crippen molar-refractivity contribution in [1.82, 2.24) is 9.78 Å². The maximum absolute atomic E-state index is 4.25. The number of hydrogen-bond acceptors (Lipinski definition) is 2. The van der Waals surface area contributed by atoms with Gasteiger partial charge < -0.3 is 0 Å². The SMILES string of the molecule is CC(C)c1cc(S)n(C)n1. The van der Waals surface area contributed by atoms with Gasteiger partial charge in [-0.05, 0) is 12.0 Å². The molecule has 0 radical (unpaired) electrons. The van der Waals surface area contributed by atoms with Crippen LogP contribution in [0.1, 0.15) is 25.5 Å². The largest absolute Gasteiger partial charge is 0.262 e. The highest BCUT2D eigenvalue weighted by atomic mass is 32.1. The Morgan fingerprint density at radius 2 is 2.20 bits per heavy atom. The molecule has 0 fully saturated rings. The van der Waals surface area contributed by atoms with Crippen LogP contribution in [0, 0.1) is 0 Å². The van der Waals surface area contributed by atoms with Gasteiger partial charge in [-0.3, -0.25) is 4.68 Å². The summed E-state index contributed by atoms with van der Waals surface area (Å²) in [6.07, 6.45) is 0. The van der Waals surface area contributed by atoms with Crippen molar-refractivity contribution >= 4 is 12.6 Å². The van der Waals surface area contributed by atoms with Gasteiger partial charge in [-0.15, -0.1) is 12.6 Å². The molecule has 1 aromatic heterocycles. The van der Waals surface area contributed by atoms with E-state index in [0.29, 0.717) is 5.92 Å². The van der Waals surface area contributed by atoms with Crippen molar-refractivity contribution in [2.24, 2.45) is 7.05 Å². The van der Waals surface area contributed by atoms with Crippen molar-refractivity contribution in [3.63, 3.8) is 0 Å². The topological polar surface area (TPSA) is 17.8 Å². The lowest BCUT2D eigenvalue weighted by Crippen LogP contribution is -1.93. The lowest BCUT2D eigenvalue weighted by molar-refractivity contribution is 0.672. The molecule has 1 heterocycles. The predicted molar refractivity (Wildman–Crippen MR) is 44.5 cm³/mol. The van der Waals surface area contributed by atoms with Crippen molar-refractivity contribution in [1.29, 1.82) is 0 Å². The second-order valence-corrected chi connectivity index (χ2v) is 3.16. The fourth-order valence-electron chi connectivity index (χ4n) is 0.761. The fourth-order valence-corrected chi connectivity index (χ4v) is 0.938. The van der Waals surface area contributed by atoms with E-state index >= 15 is 0 Å². The summed E-state index contributed by atoms with van der Waals surface area (Å²) in [6.45, 7) is 4.24. The molecule has 0 N–H and O–H groups in total. The summed E-state index contributed by atoms with van der Waals surface area (Å²) in [5, 5.41) is 5.17. The highest BCUT2D eigenvalue weighted by molar-refractivity contribution is 7.80. The van der Waals surface area contributed by atoms with Crippen molar-refractivity contribution < 1.29 is 0 Å². The third-order valence-corrected chi connectivity index (χ3v) is 1.88. The average Bonchev–Trinajstić information content (AvgIpc) is 2.13. The zero-order valence-electron chi connectivity index (χ0n) is 6.50. The van der Waals surface area contributed by atoms with Crippen LogP contribution < -0.4 is 0 Å². The molecule has 56 valence electrons. The molecule has 0 saturated heterocycles. The lowest BCUT2D eigenvalue weighted by Gasteiger charge is -1.95. The van der Waals surface area contributed by atoms with E-state index in [1.807, 2.05) is 13.1 Å². The normalized spacial score (nSPS) is 10.9. The van der Waals surface area contributed by atoms with E-state index in [0.717, 1.165) is 10.7 Å². The van der Waals surface area contributed by atoms with Gasteiger partial charge in [-0.1, -0.05) is 13.8 Å². The van der Waals surface area contributed by atoms with Crippen LogP contribution in [0.4, 0.5) is 0 Å². The first kappa shape index (κ1) is 7.66. The minimum absolute atomic E-state index is 0.493. The number of thiol groups is 1. The van der Waals surface area contributed by atoms with Crippen molar-refractivity contribution in [2.75, 3.05) is 0 Å². The molecule has 0 aliphatic heterocycles. The quantitative estimate of drug-likeness (QED) is 0.614. The van der Waals surface area contributed by atoms with E-state index in [-0.39, 0.29) is 0 Å². The van der Waals surface area contributed by atoms with E-state index < -0.39 is 0 Å². The van der Waals surface area contributed by atoms with Gasteiger partial charge in [0.05, 0.1) is 10.7 Å². The summed E-state index contributed by atoms with van der Waals surface area (Å²) in [5.74, 6) is 0.493. The van der Waals surface area contributed by atoms with E-state index in [2.05, 4.69) is 31.6 Å². The third-order valence-electron chi connectivity index (χ3n) is 1.47. The Balaban J connectivity index is 2.98. The van der Waals surface area contributed by atoms with Crippen LogP contribution in [-0.2, 0) is 7.05 Å². The summed E-state index contributed by atoms with van der Waals surface area (Å²) in [6, 6.07) is 1.99. The lowest BCUT2D eigenvalue weighted by atomic mass is 10.1. The van der Waals surface area contributed by atoms with Crippen LogP contribution >= 0.6 is 12.6 Å². The minimum atomic E-state index is 0.493. The third kappa shape index (κ3) is 1.34. The van der Waals surface area contributed by atoms with Gasteiger partial charge in [0.15, 0.2) is 0 Å². The predicted octanol–water partition coefficient (Wildman–Crippen LogP) is 1.83. The molecule has 3 heteroatoms. The summed E-state index contributed by atoms with van der Waals surface area (Å²) in [7, 11) is 1.90. The molecular formula is C7H12N2S. The summed E-state index contributed by atoms with van der Waals surface area (Å²) in [5.41, 5.74) is 1.10. The van der Waals surface area contributed by atoms with Crippen LogP contribution in [-0.4, -0.2) is 9.78 Å². The first-order valence-corrected chi connectivity index (χ1v) is 3.79. The van der Waals surface area contributed by atoms with Crippen molar-refractivity contribution in [2.45, 2.75) is 24.8 Å². The summed E-state index contributed by atoms with van der Waals surface area (Å²) < 4.78 is 1.78. The Kier molecular flexibility index (Phi) is 2.04. The molecule has 1 aromatic rings. The van der Waals surface area contributed by atoms with Crippen molar-refractivity contribution in [3.8, 4) is 0 Å². The van der Waals surface area contributed by atoms with E-state index in [9.17, 15) is 0 Å². The number of nitrogens with zero attached hydrogens (tertiary/aromatic N) is 2. The average molecular weight is 156 g/mol. The van der Waals surface area contributed by atoms with Crippen molar-refractivity contribution in [3.05, 3.63) is 11.8 Å². The second-order valence-electron chi connectivity index (χ2n) is 2.71. The Morgan fingerprint density at radius 3 is 2.40 bits per heavy atom. The maximum atomic E-state index is 4.25. The molecule has 1 rings (SSSR count).